The van der Waals surface area contributed by atoms with E-state index in [0.717, 1.165) is 44.1 Å². The zero-order valence-electron chi connectivity index (χ0n) is 13.7. The SMILES string of the molecule is COCCN1CCC[C@@H](NC(=O)N[C@@H](c2nccs2)C2CC2)C1. The molecule has 0 bridgehead atoms. The molecule has 0 unspecified atom stereocenters. The number of ether oxygens (including phenoxy) is 1. The van der Waals surface area contributed by atoms with Crippen LogP contribution in [0.15, 0.2) is 11.6 Å². The van der Waals surface area contributed by atoms with Crippen LogP contribution in [0.25, 0.3) is 0 Å². The summed E-state index contributed by atoms with van der Waals surface area (Å²) in [4.78, 5) is 19.1. The molecule has 2 aliphatic rings. The number of hydrogen-bond acceptors (Lipinski definition) is 5. The third kappa shape index (κ3) is 4.89. The second-order valence-corrected chi connectivity index (χ2v) is 7.36. The number of piperidine rings is 1. The molecule has 1 saturated carbocycles. The van der Waals surface area contributed by atoms with Gasteiger partial charge in [-0.25, -0.2) is 9.78 Å². The van der Waals surface area contributed by atoms with Gasteiger partial charge in [0.15, 0.2) is 0 Å². The van der Waals surface area contributed by atoms with Crippen molar-refractivity contribution >= 4 is 17.4 Å². The number of nitrogens with zero attached hydrogens (tertiary/aromatic N) is 2. The molecule has 2 atom stereocenters. The molecule has 2 N–H and O–H groups in total. The Morgan fingerprint density at radius 2 is 2.39 bits per heavy atom. The van der Waals surface area contributed by atoms with Crippen LogP contribution in [0.3, 0.4) is 0 Å². The molecule has 2 fully saturated rings. The van der Waals surface area contributed by atoms with Crippen LogP contribution in [0.2, 0.25) is 0 Å². The van der Waals surface area contributed by atoms with Crippen LogP contribution >= 0.6 is 11.3 Å². The number of aromatic nitrogens is 1. The second-order valence-electron chi connectivity index (χ2n) is 6.44. The molecular formula is C16H26N4O2S. The summed E-state index contributed by atoms with van der Waals surface area (Å²) in [5.41, 5.74) is 0. The minimum absolute atomic E-state index is 0.0595. The number of nitrogens with one attached hydrogen (secondary N) is 2. The topological polar surface area (TPSA) is 66.5 Å². The number of urea groups is 1. The van der Waals surface area contributed by atoms with Gasteiger partial charge in [-0.2, -0.15) is 0 Å². The van der Waals surface area contributed by atoms with E-state index >= 15 is 0 Å². The zero-order valence-corrected chi connectivity index (χ0v) is 14.5. The first-order valence-electron chi connectivity index (χ1n) is 8.44. The summed E-state index contributed by atoms with van der Waals surface area (Å²) in [6.07, 6.45) is 6.33. The summed E-state index contributed by atoms with van der Waals surface area (Å²) in [5, 5.41) is 9.28. The third-order valence-corrected chi connectivity index (χ3v) is 5.41. The van der Waals surface area contributed by atoms with Gasteiger partial charge in [-0.3, -0.25) is 4.90 Å². The van der Waals surface area contributed by atoms with Gasteiger partial charge in [0.2, 0.25) is 0 Å². The van der Waals surface area contributed by atoms with Gasteiger partial charge in [-0.05, 0) is 38.1 Å². The van der Waals surface area contributed by atoms with E-state index in [2.05, 4.69) is 20.5 Å². The van der Waals surface area contributed by atoms with Gasteiger partial charge in [0.25, 0.3) is 0 Å². The molecule has 0 spiro atoms. The standard InChI is InChI=1S/C16H26N4O2S/c1-22-9-8-20-7-2-3-13(11-20)18-16(21)19-14(12-4-5-12)15-17-6-10-23-15/h6,10,12-14H,2-5,7-9,11H2,1H3,(H2,18,19,21)/t13-,14-/m1/s1. The molecule has 2 amide bonds. The average molecular weight is 338 g/mol. The molecule has 2 heterocycles. The van der Waals surface area contributed by atoms with E-state index in [1.165, 1.54) is 12.8 Å². The number of likely N-dealkylation sites (tertiary alicyclic amines) is 1. The van der Waals surface area contributed by atoms with E-state index < -0.39 is 0 Å². The lowest BCUT2D eigenvalue weighted by atomic mass is 10.1. The summed E-state index contributed by atoms with van der Waals surface area (Å²) in [6.45, 7) is 3.67. The molecule has 1 saturated heterocycles. The highest BCUT2D eigenvalue weighted by Gasteiger charge is 2.35. The quantitative estimate of drug-likeness (QED) is 0.798. The first-order valence-corrected chi connectivity index (χ1v) is 9.32. The molecule has 1 aliphatic heterocycles. The van der Waals surface area contributed by atoms with Crippen LogP contribution < -0.4 is 10.6 Å². The Bertz CT molecular complexity index is 492. The maximum atomic E-state index is 12.4. The van der Waals surface area contributed by atoms with Crippen molar-refractivity contribution in [3.8, 4) is 0 Å². The van der Waals surface area contributed by atoms with Crippen molar-refractivity contribution in [2.45, 2.75) is 37.8 Å². The lowest BCUT2D eigenvalue weighted by Crippen LogP contribution is -2.51. The van der Waals surface area contributed by atoms with Crippen molar-refractivity contribution in [3.63, 3.8) is 0 Å². The van der Waals surface area contributed by atoms with Gasteiger partial charge < -0.3 is 15.4 Å². The fourth-order valence-electron chi connectivity index (χ4n) is 3.16. The fourth-order valence-corrected chi connectivity index (χ4v) is 3.94. The molecule has 23 heavy (non-hydrogen) atoms. The predicted octanol–water partition coefficient (Wildman–Crippen LogP) is 2.00. The number of rotatable bonds is 7. The molecule has 6 nitrogen and oxygen atoms in total. The minimum atomic E-state index is -0.0595. The number of carbonyl (C=O) groups is 1. The molecule has 1 aliphatic carbocycles. The van der Waals surface area contributed by atoms with Crippen LogP contribution in [0, 0.1) is 5.92 Å². The largest absolute Gasteiger partial charge is 0.383 e. The van der Waals surface area contributed by atoms with E-state index in [9.17, 15) is 4.79 Å². The Kier molecular flexibility index (Phi) is 5.85. The highest BCUT2D eigenvalue weighted by molar-refractivity contribution is 7.09. The van der Waals surface area contributed by atoms with Crippen molar-refractivity contribution < 1.29 is 9.53 Å². The van der Waals surface area contributed by atoms with Gasteiger partial charge >= 0.3 is 6.03 Å². The normalized spacial score (nSPS) is 23.4. The zero-order chi connectivity index (χ0) is 16.1. The average Bonchev–Trinajstić information content (AvgIpc) is 3.25. The van der Waals surface area contributed by atoms with Crippen LogP contribution in [-0.4, -0.2) is 55.3 Å². The smallest absolute Gasteiger partial charge is 0.315 e. The molecule has 3 rings (SSSR count). The van der Waals surface area contributed by atoms with Crippen molar-refractivity contribution in [3.05, 3.63) is 16.6 Å². The Balaban J connectivity index is 1.48. The predicted molar refractivity (Wildman–Crippen MR) is 90.6 cm³/mol. The lowest BCUT2D eigenvalue weighted by molar-refractivity contribution is 0.123. The maximum Gasteiger partial charge on any atom is 0.315 e. The van der Waals surface area contributed by atoms with E-state index in [-0.39, 0.29) is 18.1 Å². The first kappa shape index (κ1) is 16.7. The van der Waals surface area contributed by atoms with E-state index in [4.69, 9.17) is 4.74 Å². The van der Waals surface area contributed by atoms with Crippen LogP contribution in [-0.2, 0) is 4.74 Å². The van der Waals surface area contributed by atoms with Gasteiger partial charge in [-0.1, -0.05) is 0 Å². The maximum absolute atomic E-state index is 12.4. The third-order valence-electron chi connectivity index (χ3n) is 4.55. The highest BCUT2D eigenvalue weighted by Crippen LogP contribution is 2.41. The van der Waals surface area contributed by atoms with Crippen LogP contribution in [0.5, 0.6) is 0 Å². The summed E-state index contributed by atoms with van der Waals surface area (Å²) in [6, 6.07) is 0.232. The summed E-state index contributed by atoms with van der Waals surface area (Å²) >= 11 is 1.62. The first-order chi connectivity index (χ1) is 11.3. The van der Waals surface area contributed by atoms with Crippen molar-refractivity contribution in [2.24, 2.45) is 5.92 Å². The monoisotopic (exact) mass is 338 g/mol. The van der Waals surface area contributed by atoms with Gasteiger partial charge in [-0.15, -0.1) is 11.3 Å². The van der Waals surface area contributed by atoms with Gasteiger partial charge in [0, 0.05) is 37.8 Å². The Morgan fingerprint density at radius 1 is 1.52 bits per heavy atom. The minimum Gasteiger partial charge on any atom is -0.383 e. The summed E-state index contributed by atoms with van der Waals surface area (Å²) in [5.74, 6) is 0.552. The van der Waals surface area contributed by atoms with Crippen molar-refractivity contribution in [1.82, 2.24) is 20.5 Å². The molecule has 128 valence electrons. The van der Waals surface area contributed by atoms with E-state index in [1.807, 2.05) is 11.6 Å². The fraction of sp³-hybridized carbons (Fsp3) is 0.750. The molecule has 0 radical (unpaired) electrons. The second kappa shape index (κ2) is 8.08. The van der Waals surface area contributed by atoms with E-state index in [0.29, 0.717) is 5.92 Å². The van der Waals surface area contributed by atoms with Gasteiger partial charge in [0.05, 0.1) is 12.6 Å². The molecule has 7 heteroatoms. The molecule has 1 aromatic rings. The van der Waals surface area contributed by atoms with Crippen molar-refractivity contribution in [2.75, 3.05) is 33.4 Å². The number of methoxy groups -OCH3 is 1. The van der Waals surface area contributed by atoms with Crippen LogP contribution in [0.1, 0.15) is 36.7 Å². The highest BCUT2D eigenvalue weighted by atomic mass is 32.1. The molecule has 1 aromatic heterocycles. The number of hydrogen-bond donors (Lipinski definition) is 2. The number of thiazole rings is 1. The Labute approximate surface area is 141 Å². The summed E-state index contributed by atoms with van der Waals surface area (Å²) in [7, 11) is 1.73. The number of carbonyl (C=O) groups excluding carboxylic acids is 1. The van der Waals surface area contributed by atoms with Crippen LogP contribution in [0.4, 0.5) is 4.79 Å². The van der Waals surface area contributed by atoms with Gasteiger partial charge in [0.1, 0.15) is 5.01 Å². The Morgan fingerprint density at radius 3 is 3.09 bits per heavy atom. The van der Waals surface area contributed by atoms with Crippen molar-refractivity contribution in [1.29, 1.82) is 0 Å². The lowest BCUT2D eigenvalue weighted by Gasteiger charge is -2.33. The molecule has 0 aromatic carbocycles. The Hall–Kier alpha value is -1.18. The number of amides is 2. The molecular weight excluding hydrogens is 312 g/mol. The summed E-state index contributed by atoms with van der Waals surface area (Å²) < 4.78 is 5.14. The van der Waals surface area contributed by atoms with E-state index in [1.54, 1.807) is 18.4 Å².